The van der Waals surface area contributed by atoms with Crippen LogP contribution < -0.4 is 0 Å². The summed E-state index contributed by atoms with van der Waals surface area (Å²) in [5, 5.41) is 12.8. The second kappa shape index (κ2) is 7.28. The fraction of sp³-hybridized carbons (Fsp3) is 0.333. The Labute approximate surface area is 130 Å². The highest BCUT2D eigenvalue weighted by Gasteiger charge is 2.37. The molecule has 5 nitrogen and oxygen atoms in total. The van der Waals surface area contributed by atoms with Gasteiger partial charge in [-0.05, 0) is 11.6 Å². The summed E-state index contributed by atoms with van der Waals surface area (Å²) in [6.45, 7) is -0.195. The number of aliphatic hydroxyl groups excluding tert-OH is 1. The summed E-state index contributed by atoms with van der Waals surface area (Å²) in [5.41, 5.74) is 0.828. The van der Waals surface area contributed by atoms with E-state index in [4.69, 9.17) is 9.84 Å². The fourth-order valence-electron chi connectivity index (χ4n) is 1.89. The molecule has 0 saturated carbocycles. The van der Waals surface area contributed by atoms with Crippen molar-refractivity contribution in [3.05, 3.63) is 53.9 Å². The van der Waals surface area contributed by atoms with E-state index in [1.54, 1.807) is 24.3 Å². The Balaban J connectivity index is 1.93. The minimum atomic E-state index is -4.69. The van der Waals surface area contributed by atoms with Crippen LogP contribution in [-0.4, -0.2) is 33.1 Å². The third-order valence-electron chi connectivity index (χ3n) is 3.13. The van der Waals surface area contributed by atoms with Crippen LogP contribution in [0.25, 0.3) is 0 Å². The standard InChI is InChI=1S/C15H15F3N2O3/c16-15(17,18)13(21)7-9-20-12(6-8-19-20)14(22)23-10-11-4-2-1-3-5-11/h1-6,8,13,21H,7,9-10H2. The maximum absolute atomic E-state index is 12.3. The number of ether oxygens (including phenoxy) is 1. The Kier molecular flexibility index (Phi) is 5.38. The van der Waals surface area contributed by atoms with Crippen LogP contribution in [0.3, 0.4) is 0 Å². The van der Waals surface area contributed by atoms with Crippen LogP contribution in [0, 0.1) is 0 Å². The number of hydrogen-bond acceptors (Lipinski definition) is 4. The number of aryl methyl sites for hydroxylation is 1. The Morgan fingerprint density at radius 1 is 1.26 bits per heavy atom. The van der Waals surface area contributed by atoms with Gasteiger partial charge in [0, 0.05) is 19.2 Å². The highest BCUT2D eigenvalue weighted by Crippen LogP contribution is 2.22. The molecule has 0 aliphatic rings. The molecule has 0 aliphatic heterocycles. The van der Waals surface area contributed by atoms with Crippen molar-refractivity contribution in [3.8, 4) is 0 Å². The minimum Gasteiger partial charge on any atom is -0.456 e. The predicted octanol–water partition coefficient (Wildman–Crippen LogP) is 2.55. The Hall–Kier alpha value is -2.35. The molecule has 0 amide bonds. The molecule has 0 radical (unpaired) electrons. The van der Waals surface area contributed by atoms with E-state index in [9.17, 15) is 18.0 Å². The van der Waals surface area contributed by atoms with Gasteiger partial charge in [-0.2, -0.15) is 18.3 Å². The van der Waals surface area contributed by atoms with Gasteiger partial charge in [-0.1, -0.05) is 30.3 Å². The maximum atomic E-state index is 12.3. The van der Waals surface area contributed by atoms with Gasteiger partial charge in [0.25, 0.3) is 0 Å². The van der Waals surface area contributed by atoms with Crippen molar-refractivity contribution in [1.29, 1.82) is 0 Å². The summed E-state index contributed by atoms with van der Waals surface area (Å²) in [5.74, 6) is -0.687. The zero-order chi connectivity index (χ0) is 16.9. The molecule has 1 unspecified atom stereocenters. The Morgan fingerprint density at radius 3 is 2.61 bits per heavy atom. The normalized spacial score (nSPS) is 12.9. The lowest BCUT2D eigenvalue weighted by atomic mass is 10.2. The summed E-state index contributed by atoms with van der Waals surface area (Å²) in [7, 11) is 0. The van der Waals surface area contributed by atoms with Gasteiger partial charge in [0.1, 0.15) is 12.3 Å². The van der Waals surface area contributed by atoms with Crippen molar-refractivity contribution in [3.63, 3.8) is 0 Å². The average Bonchev–Trinajstić information content (AvgIpc) is 2.99. The second-order valence-electron chi connectivity index (χ2n) is 4.85. The molecule has 1 heterocycles. The molecule has 0 bridgehead atoms. The number of halogens is 3. The van der Waals surface area contributed by atoms with E-state index in [1.807, 2.05) is 6.07 Å². The van der Waals surface area contributed by atoms with E-state index in [-0.39, 0.29) is 18.8 Å². The molecule has 1 aromatic carbocycles. The molecule has 1 N–H and O–H groups in total. The van der Waals surface area contributed by atoms with Crippen molar-refractivity contribution >= 4 is 5.97 Å². The number of rotatable bonds is 6. The first kappa shape index (κ1) is 17.0. The van der Waals surface area contributed by atoms with Crippen LogP contribution in [0.2, 0.25) is 0 Å². The lowest BCUT2D eigenvalue weighted by Gasteiger charge is -2.15. The molecule has 0 saturated heterocycles. The molecule has 1 aromatic heterocycles. The molecule has 1 atom stereocenters. The van der Waals surface area contributed by atoms with Crippen molar-refractivity contribution in [1.82, 2.24) is 9.78 Å². The molecular formula is C15H15F3N2O3. The van der Waals surface area contributed by atoms with Gasteiger partial charge in [-0.25, -0.2) is 4.79 Å². The third kappa shape index (κ3) is 4.82. The molecule has 0 fully saturated rings. The fourth-order valence-corrected chi connectivity index (χ4v) is 1.89. The summed E-state index contributed by atoms with van der Waals surface area (Å²) in [6.07, 6.45) is -6.45. The highest BCUT2D eigenvalue weighted by molar-refractivity contribution is 5.87. The van der Waals surface area contributed by atoms with Crippen LogP contribution in [0.15, 0.2) is 42.6 Å². The Bertz CT molecular complexity index is 641. The number of carbonyl (C=O) groups is 1. The van der Waals surface area contributed by atoms with Gasteiger partial charge < -0.3 is 9.84 Å². The van der Waals surface area contributed by atoms with Gasteiger partial charge in [0.15, 0.2) is 6.10 Å². The molecular weight excluding hydrogens is 313 g/mol. The highest BCUT2D eigenvalue weighted by atomic mass is 19.4. The number of esters is 1. The van der Waals surface area contributed by atoms with E-state index >= 15 is 0 Å². The summed E-state index contributed by atoms with van der Waals surface area (Å²) < 4.78 is 43.0. The maximum Gasteiger partial charge on any atom is 0.414 e. The summed E-state index contributed by atoms with van der Waals surface area (Å²) >= 11 is 0. The largest absolute Gasteiger partial charge is 0.456 e. The smallest absolute Gasteiger partial charge is 0.414 e. The van der Waals surface area contributed by atoms with Crippen LogP contribution in [0.4, 0.5) is 13.2 Å². The van der Waals surface area contributed by atoms with E-state index < -0.39 is 24.7 Å². The number of alkyl halides is 3. The topological polar surface area (TPSA) is 64.3 Å². The molecule has 124 valence electrons. The zero-order valence-corrected chi connectivity index (χ0v) is 12.0. The number of nitrogens with zero attached hydrogens (tertiary/aromatic N) is 2. The third-order valence-corrected chi connectivity index (χ3v) is 3.13. The van der Waals surface area contributed by atoms with E-state index in [1.165, 1.54) is 12.3 Å². The number of aliphatic hydroxyl groups is 1. The molecule has 0 aliphatic carbocycles. The van der Waals surface area contributed by atoms with E-state index in [0.717, 1.165) is 10.2 Å². The number of aromatic nitrogens is 2. The Morgan fingerprint density at radius 2 is 1.96 bits per heavy atom. The lowest BCUT2D eigenvalue weighted by molar-refractivity contribution is -0.206. The lowest BCUT2D eigenvalue weighted by Crippen LogP contribution is -2.30. The minimum absolute atomic E-state index is 0.0373. The zero-order valence-electron chi connectivity index (χ0n) is 12.0. The van der Waals surface area contributed by atoms with Gasteiger partial charge in [0.05, 0.1) is 0 Å². The van der Waals surface area contributed by atoms with Crippen molar-refractivity contribution in [2.75, 3.05) is 0 Å². The van der Waals surface area contributed by atoms with Gasteiger partial charge in [-0.3, -0.25) is 4.68 Å². The van der Waals surface area contributed by atoms with Crippen LogP contribution >= 0.6 is 0 Å². The first-order valence-corrected chi connectivity index (χ1v) is 6.85. The summed E-state index contributed by atoms with van der Waals surface area (Å²) in [6, 6.07) is 10.3. The second-order valence-corrected chi connectivity index (χ2v) is 4.85. The van der Waals surface area contributed by atoms with Crippen molar-refractivity contribution < 1.29 is 27.8 Å². The number of benzene rings is 1. The molecule has 2 aromatic rings. The number of carbonyl (C=O) groups excluding carboxylic acids is 1. The first-order valence-electron chi connectivity index (χ1n) is 6.85. The molecule has 2 rings (SSSR count). The SMILES string of the molecule is O=C(OCc1ccccc1)c1ccnn1CCC(O)C(F)(F)F. The monoisotopic (exact) mass is 328 g/mol. The molecule has 0 spiro atoms. The molecule has 8 heteroatoms. The molecule has 23 heavy (non-hydrogen) atoms. The quantitative estimate of drug-likeness (QED) is 0.828. The number of hydrogen-bond donors (Lipinski definition) is 1. The predicted molar refractivity (Wildman–Crippen MR) is 74.5 cm³/mol. The van der Waals surface area contributed by atoms with E-state index in [0.29, 0.717) is 0 Å². The van der Waals surface area contributed by atoms with E-state index in [2.05, 4.69) is 5.10 Å². The van der Waals surface area contributed by atoms with Crippen LogP contribution in [0.1, 0.15) is 22.5 Å². The van der Waals surface area contributed by atoms with Crippen molar-refractivity contribution in [2.45, 2.75) is 31.9 Å². The van der Waals surface area contributed by atoms with Gasteiger partial charge >= 0.3 is 12.1 Å². The van der Waals surface area contributed by atoms with Crippen molar-refractivity contribution in [2.24, 2.45) is 0 Å². The van der Waals surface area contributed by atoms with Crippen LogP contribution in [0.5, 0.6) is 0 Å². The van der Waals surface area contributed by atoms with Gasteiger partial charge in [-0.15, -0.1) is 0 Å². The average molecular weight is 328 g/mol. The summed E-state index contributed by atoms with van der Waals surface area (Å²) in [4.78, 5) is 12.0. The van der Waals surface area contributed by atoms with Gasteiger partial charge in [0.2, 0.25) is 0 Å². The van der Waals surface area contributed by atoms with Crippen LogP contribution in [-0.2, 0) is 17.9 Å². The first-order chi connectivity index (χ1) is 10.9.